The van der Waals surface area contributed by atoms with Crippen LogP contribution in [0.5, 0.6) is 5.75 Å². The third-order valence-corrected chi connectivity index (χ3v) is 4.85. The van der Waals surface area contributed by atoms with Crippen LogP contribution in [0.4, 0.5) is 4.39 Å². The van der Waals surface area contributed by atoms with Crippen molar-refractivity contribution >= 4 is 17.5 Å². The van der Waals surface area contributed by atoms with Crippen molar-refractivity contribution in [2.75, 3.05) is 12.9 Å². The Morgan fingerprint density at radius 1 is 1.39 bits per heavy atom. The maximum atomic E-state index is 13.0. The largest absolute Gasteiger partial charge is 0.497 e. The van der Waals surface area contributed by atoms with Crippen molar-refractivity contribution < 1.29 is 13.9 Å². The highest BCUT2D eigenvalue weighted by molar-refractivity contribution is 8.03. The highest BCUT2D eigenvalue weighted by Gasteiger charge is 2.60. The molecule has 1 heterocycles. The van der Waals surface area contributed by atoms with E-state index < -0.39 is 0 Å². The number of rotatable bonds is 2. The van der Waals surface area contributed by atoms with Gasteiger partial charge in [-0.2, -0.15) is 4.39 Å². The van der Waals surface area contributed by atoms with Crippen molar-refractivity contribution in [3.63, 3.8) is 0 Å². The molecule has 1 aliphatic heterocycles. The van der Waals surface area contributed by atoms with Gasteiger partial charge in [-0.05, 0) is 30.0 Å². The lowest BCUT2D eigenvalue weighted by Crippen LogP contribution is -2.21. The molecule has 0 aromatic heterocycles. The first-order chi connectivity index (χ1) is 8.65. The molecule has 0 unspecified atom stereocenters. The molecule has 1 aliphatic carbocycles. The van der Waals surface area contributed by atoms with Gasteiger partial charge in [-0.25, -0.2) is 0 Å². The number of thioether (sulfide) groups is 1. The number of hydrogen-bond donors (Lipinski definition) is 0. The molecule has 1 spiro atoms. The number of allylic oxidation sites excluding steroid dienone is 1. The highest BCUT2D eigenvalue weighted by atomic mass is 32.2. The van der Waals surface area contributed by atoms with Crippen molar-refractivity contribution in [1.82, 2.24) is 0 Å². The fraction of sp³-hybridized carbons (Fsp3) is 0.357. The van der Waals surface area contributed by atoms with E-state index in [9.17, 15) is 9.18 Å². The first kappa shape index (κ1) is 11.8. The normalized spacial score (nSPS) is 30.2. The summed E-state index contributed by atoms with van der Waals surface area (Å²) in [6, 6.07) is 7.78. The lowest BCUT2D eigenvalue weighted by molar-refractivity contribution is -0.119. The average molecular weight is 264 g/mol. The molecule has 0 radical (unpaired) electrons. The summed E-state index contributed by atoms with van der Waals surface area (Å²) in [4.78, 5) is 11.9. The lowest BCUT2D eigenvalue weighted by Gasteiger charge is -2.17. The minimum Gasteiger partial charge on any atom is -0.497 e. The van der Waals surface area contributed by atoms with Crippen molar-refractivity contribution in [3.05, 3.63) is 41.1 Å². The summed E-state index contributed by atoms with van der Waals surface area (Å²) in [5.41, 5.74) is 0.787. The van der Waals surface area contributed by atoms with Gasteiger partial charge >= 0.3 is 0 Å². The van der Waals surface area contributed by atoms with Crippen LogP contribution in [0.25, 0.3) is 0 Å². The number of benzene rings is 1. The molecule has 1 saturated carbocycles. The van der Waals surface area contributed by atoms with E-state index in [1.54, 1.807) is 7.11 Å². The van der Waals surface area contributed by atoms with Crippen LogP contribution >= 0.6 is 11.8 Å². The average Bonchev–Trinajstić information content (AvgIpc) is 3.11. The third-order valence-electron chi connectivity index (χ3n) is 3.80. The number of hydrogen-bond acceptors (Lipinski definition) is 3. The molecule has 94 valence electrons. The summed E-state index contributed by atoms with van der Waals surface area (Å²) < 4.78 is 18.1. The van der Waals surface area contributed by atoms with Gasteiger partial charge in [0, 0.05) is 11.8 Å². The summed E-state index contributed by atoms with van der Waals surface area (Å²) in [5.74, 6) is 1.54. The molecule has 0 saturated heterocycles. The van der Waals surface area contributed by atoms with Gasteiger partial charge in [0.15, 0.2) is 10.9 Å². The molecule has 0 N–H and O–H groups in total. The molecule has 1 aromatic carbocycles. The van der Waals surface area contributed by atoms with Crippen LogP contribution in [-0.4, -0.2) is 18.6 Å². The molecule has 0 bridgehead atoms. The van der Waals surface area contributed by atoms with E-state index in [2.05, 4.69) is 0 Å². The van der Waals surface area contributed by atoms with Crippen LogP contribution in [0.15, 0.2) is 35.5 Å². The number of ether oxygens (including phenoxy) is 1. The minimum atomic E-state index is -0.356. The van der Waals surface area contributed by atoms with Crippen LogP contribution in [-0.2, 0) is 4.79 Å². The number of halogens is 1. The molecule has 0 amide bonds. The maximum absolute atomic E-state index is 13.0. The highest BCUT2D eigenvalue weighted by Crippen LogP contribution is 2.63. The number of ketones is 1. The molecule has 4 heteroatoms. The van der Waals surface area contributed by atoms with Gasteiger partial charge in [-0.1, -0.05) is 23.9 Å². The van der Waals surface area contributed by atoms with Gasteiger partial charge < -0.3 is 4.74 Å². The number of methoxy groups -OCH3 is 1. The van der Waals surface area contributed by atoms with E-state index in [4.69, 9.17) is 4.74 Å². The minimum absolute atomic E-state index is 0.0560. The summed E-state index contributed by atoms with van der Waals surface area (Å²) in [6.07, 6.45) is 1.98. The van der Waals surface area contributed by atoms with E-state index in [0.29, 0.717) is 5.75 Å². The molecular weight excluding hydrogens is 251 g/mol. The standard InChI is InChI=1S/C14H13FO2S/c1-17-10-4-2-9(3-5-10)11-7-14(11)8-18-13(15)6-12(14)16/h2-6,11H,7-8H2,1H3/t11-,14+/m0/s1. The van der Waals surface area contributed by atoms with Crippen molar-refractivity contribution in [2.45, 2.75) is 12.3 Å². The zero-order chi connectivity index (χ0) is 12.8. The van der Waals surface area contributed by atoms with E-state index in [1.165, 1.54) is 0 Å². The van der Waals surface area contributed by atoms with Crippen molar-refractivity contribution in [2.24, 2.45) is 5.41 Å². The van der Waals surface area contributed by atoms with E-state index in [1.807, 2.05) is 24.3 Å². The van der Waals surface area contributed by atoms with Crippen molar-refractivity contribution in [3.8, 4) is 5.75 Å². The Bertz CT molecular complexity index is 523. The quantitative estimate of drug-likeness (QED) is 0.820. The van der Waals surface area contributed by atoms with Gasteiger partial charge in [-0.3, -0.25) is 4.79 Å². The van der Waals surface area contributed by atoms with E-state index in [0.717, 1.165) is 35.6 Å². The molecular formula is C14H13FO2S. The Kier molecular flexibility index (Phi) is 2.70. The van der Waals surface area contributed by atoms with Gasteiger partial charge in [0.05, 0.1) is 12.5 Å². The second kappa shape index (κ2) is 4.12. The molecule has 2 atom stereocenters. The Balaban J connectivity index is 1.82. The first-order valence-electron chi connectivity index (χ1n) is 5.84. The van der Waals surface area contributed by atoms with Crippen LogP contribution in [0, 0.1) is 5.41 Å². The summed E-state index contributed by atoms with van der Waals surface area (Å²) in [6.45, 7) is 0. The second-order valence-electron chi connectivity index (χ2n) is 4.79. The Morgan fingerprint density at radius 3 is 2.72 bits per heavy atom. The number of carbonyl (C=O) groups excluding carboxylic acids is 1. The first-order valence-corrected chi connectivity index (χ1v) is 6.83. The SMILES string of the molecule is COc1ccc([C@@H]2C[C@@]23CSC(F)=CC3=O)cc1. The zero-order valence-electron chi connectivity index (χ0n) is 9.98. The zero-order valence-corrected chi connectivity index (χ0v) is 10.8. The number of carbonyl (C=O) groups is 1. The monoisotopic (exact) mass is 264 g/mol. The molecule has 2 nitrogen and oxygen atoms in total. The van der Waals surface area contributed by atoms with Crippen molar-refractivity contribution in [1.29, 1.82) is 0 Å². The predicted molar refractivity (Wildman–Crippen MR) is 69.4 cm³/mol. The molecule has 3 rings (SSSR count). The fourth-order valence-electron chi connectivity index (χ4n) is 2.57. The summed E-state index contributed by atoms with van der Waals surface area (Å²) >= 11 is 1.15. The summed E-state index contributed by atoms with van der Waals surface area (Å²) in [7, 11) is 1.63. The van der Waals surface area contributed by atoms with E-state index >= 15 is 0 Å². The topological polar surface area (TPSA) is 26.3 Å². The van der Waals surface area contributed by atoms with Crippen LogP contribution in [0.3, 0.4) is 0 Å². The predicted octanol–water partition coefficient (Wildman–Crippen LogP) is 3.30. The van der Waals surface area contributed by atoms with Gasteiger partial charge in [0.2, 0.25) is 0 Å². The fourth-order valence-corrected chi connectivity index (χ4v) is 3.61. The molecule has 1 aromatic rings. The molecule has 1 fully saturated rings. The smallest absolute Gasteiger partial charge is 0.166 e. The van der Waals surface area contributed by atoms with E-state index in [-0.39, 0.29) is 22.3 Å². The van der Waals surface area contributed by atoms with Crippen LogP contribution in [0.2, 0.25) is 0 Å². The Labute approximate surface area is 109 Å². The third kappa shape index (κ3) is 1.75. The Hall–Kier alpha value is -1.29. The van der Waals surface area contributed by atoms with Gasteiger partial charge in [-0.15, -0.1) is 0 Å². The van der Waals surface area contributed by atoms with Crippen LogP contribution in [0.1, 0.15) is 17.9 Å². The maximum Gasteiger partial charge on any atom is 0.166 e. The molecule has 18 heavy (non-hydrogen) atoms. The van der Waals surface area contributed by atoms with Gasteiger partial charge in [0.25, 0.3) is 0 Å². The Morgan fingerprint density at radius 2 is 2.11 bits per heavy atom. The lowest BCUT2D eigenvalue weighted by atomic mass is 9.96. The molecule has 2 aliphatic rings. The second-order valence-corrected chi connectivity index (χ2v) is 5.75. The summed E-state index contributed by atoms with van der Waals surface area (Å²) in [5, 5.41) is -0.356. The van der Waals surface area contributed by atoms with Crippen LogP contribution < -0.4 is 4.74 Å². The van der Waals surface area contributed by atoms with Gasteiger partial charge in [0.1, 0.15) is 5.75 Å².